The maximum Gasteiger partial charge on any atom is 0.126 e. The minimum atomic E-state index is -0.169. The average Bonchev–Trinajstić information content (AvgIpc) is 3.14. The zero-order valence-corrected chi connectivity index (χ0v) is 43.2. The molecule has 0 saturated carbocycles. The van der Waals surface area contributed by atoms with Crippen molar-refractivity contribution in [1.29, 1.82) is 0 Å². The van der Waals surface area contributed by atoms with Crippen molar-refractivity contribution in [2.75, 3.05) is 0 Å². The molecule has 0 fully saturated rings. The van der Waals surface area contributed by atoms with Gasteiger partial charge in [0.25, 0.3) is 0 Å². The van der Waals surface area contributed by atoms with Crippen molar-refractivity contribution in [3.8, 4) is 0 Å². The molecule has 63 heavy (non-hydrogen) atoms. The van der Waals surface area contributed by atoms with E-state index >= 15 is 0 Å². The van der Waals surface area contributed by atoms with Crippen LogP contribution in [0.5, 0.6) is 0 Å². The molecule has 0 unspecified atom stereocenters. The second-order valence-corrected chi connectivity index (χ2v) is 22.9. The molecule has 0 aromatic heterocycles. The standard InChI is InChI=1S/C13H19F.C13H20.C12H17F.C11H15F.C10H13F/c1-9-6-7-11(8-12(9)14)10(2)13(3,4)5;1-10-6-8-12(9-7-10)11(2)13(3,4)5;1-9-5-6-10(7-11(9)13)8-12(2,3)4;1-8-5-6-9(7-10(8)12)11(2,3)4;1-10(2,3)8-4-6-9(11)7-5-8/h6-8,10H,1-5H3;6-9,11H,1-5H3;5-7H,8H2,1-4H3;5-7H,1-4H3;4-7H,1-3H3/t10-;11-;;;/m00.../s1. The van der Waals surface area contributed by atoms with E-state index in [-0.39, 0.29) is 44.9 Å². The maximum atomic E-state index is 13.3. The van der Waals surface area contributed by atoms with Crippen LogP contribution in [0.25, 0.3) is 0 Å². The molecular weight excluding hydrogens is 785 g/mol. The lowest BCUT2D eigenvalue weighted by atomic mass is 9.78. The molecule has 0 heterocycles. The zero-order chi connectivity index (χ0) is 48.9. The normalized spacial score (nSPS) is 12.8. The van der Waals surface area contributed by atoms with Gasteiger partial charge in [-0.2, -0.15) is 0 Å². The minimum Gasteiger partial charge on any atom is -0.207 e. The molecule has 0 spiro atoms. The molecule has 5 aromatic rings. The molecule has 0 N–H and O–H groups in total. The van der Waals surface area contributed by atoms with Gasteiger partial charge in [-0.15, -0.1) is 0 Å². The molecule has 4 heteroatoms. The number of halogens is 4. The monoisotopic (exact) mass is 869 g/mol. The van der Waals surface area contributed by atoms with Gasteiger partial charge in [0.15, 0.2) is 0 Å². The first-order valence-electron chi connectivity index (χ1n) is 22.6. The molecule has 5 rings (SSSR count). The van der Waals surface area contributed by atoms with Crippen LogP contribution in [0.1, 0.15) is 180 Å². The van der Waals surface area contributed by atoms with Gasteiger partial charge in [0.05, 0.1) is 0 Å². The molecule has 0 nitrogen and oxygen atoms in total. The first kappa shape index (κ1) is 56.8. The second kappa shape index (κ2) is 23.7. The van der Waals surface area contributed by atoms with E-state index in [9.17, 15) is 17.6 Å². The highest BCUT2D eigenvalue weighted by Gasteiger charge is 2.23. The van der Waals surface area contributed by atoms with E-state index in [2.05, 4.69) is 149 Å². The SMILES string of the molecule is CC(C)(C)c1ccc(F)cc1.Cc1ccc(C(C)(C)C)cc1F.Cc1ccc(CC(C)(C)C)cc1F.Cc1ccc([C@H](C)C(C)(C)C)cc1.Cc1ccc([C@H](C)C(C)(C)C)cc1F. The minimum absolute atomic E-state index is 0.0362. The van der Waals surface area contributed by atoms with E-state index in [0.29, 0.717) is 22.8 Å². The lowest BCUT2D eigenvalue weighted by Crippen LogP contribution is -2.15. The van der Waals surface area contributed by atoms with E-state index in [0.717, 1.165) is 34.2 Å². The largest absolute Gasteiger partial charge is 0.207 e. The maximum absolute atomic E-state index is 13.3. The van der Waals surface area contributed by atoms with Gasteiger partial charge in [-0.25, -0.2) is 17.6 Å². The number of hydrogen-bond donors (Lipinski definition) is 0. The fraction of sp³-hybridized carbons (Fsp3) is 0.492. The van der Waals surface area contributed by atoms with Crippen LogP contribution in [0.4, 0.5) is 17.6 Å². The molecule has 0 bridgehead atoms. The lowest BCUT2D eigenvalue weighted by molar-refractivity contribution is 0.338. The molecule has 348 valence electrons. The van der Waals surface area contributed by atoms with Crippen molar-refractivity contribution in [3.63, 3.8) is 0 Å². The van der Waals surface area contributed by atoms with E-state index in [1.165, 1.54) is 28.8 Å². The Morgan fingerprint density at radius 2 is 0.762 bits per heavy atom. The van der Waals surface area contributed by atoms with Gasteiger partial charge >= 0.3 is 0 Å². The van der Waals surface area contributed by atoms with E-state index in [1.54, 1.807) is 39.0 Å². The molecule has 0 aliphatic carbocycles. The first-order valence-corrected chi connectivity index (χ1v) is 22.6. The summed E-state index contributed by atoms with van der Waals surface area (Å²) in [6.45, 7) is 44.4. The summed E-state index contributed by atoms with van der Waals surface area (Å²) in [5.41, 5.74) is 10.2. The highest BCUT2D eigenvalue weighted by molar-refractivity contribution is 5.29. The van der Waals surface area contributed by atoms with Gasteiger partial charge in [0.1, 0.15) is 23.3 Å². The zero-order valence-electron chi connectivity index (χ0n) is 43.2. The molecule has 0 saturated heterocycles. The number of rotatable bonds is 3. The number of aryl methyl sites for hydroxylation is 4. The van der Waals surface area contributed by atoms with Crippen LogP contribution in [-0.2, 0) is 17.3 Å². The second-order valence-electron chi connectivity index (χ2n) is 22.9. The summed E-state index contributed by atoms with van der Waals surface area (Å²) >= 11 is 0. The first-order chi connectivity index (χ1) is 28.5. The van der Waals surface area contributed by atoms with Crippen molar-refractivity contribution < 1.29 is 17.6 Å². The summed E-state index contributed by atoms with van der Waals surface area (Å²) in [5.74, 6) is 0.520. The van der Waals surface area contributed by atoms with E-state index in [4.69, 9.17) is 0 Å². The molecule has 0 radical (unpaired) electrons. The van der Waals surface area contributed by atoms with Crippen LogP contribution in [0.15, 0.2) is 103 Å². The Morgan fingerprint density at radius 3 is 1.14 bits per heavy atom. The van der Waals surface area contributed by atoms with Gasteiger partial charge in [-0.3, -0.25) is 0 Å². The van der Waals surface area contributed by atoms with Gasteiger partial charge < -0.3 is 0 Å². The summed E-state index contributed by atoms with van der Waals surface area (Å²) in [4.78, 5) is 0. The van der Waals surface area contributed by atoms with Gasteiger partial charge in [0, 0.05) is 0 Å². The van der Waals surface area contributed by atoms with Crippen molar-refractivity contribution in [2.45, 2.75) is 174 Å². The Balaban J connectivity index is 0.000000395. The van der Waals surface area contributed by atoms with Gasteiger partial charge in [0.2, 0.25) is 0 Å². The highest BCUT2D eigenvalue weighted by atomic mass is 19.1. The smallest absolute Gasteiger partial charge is 0.126 e. The van der Waals surface area contributed by atoms with Crippen molar-refractivity contribution >= 4 is 0 Å². The quantitative estimate of drug-likeness (QED) is 0.159. The molecule has 0 amide bonds. The molecule has 2 atom stereocenters. The highest BCUT2D eigenvalue weighted by Crippen LogP contribution is 2.35. The third-order valence-corrected chi connectivity index (χ3v) is 11.6. The number of benzene rings is 5. The molecule has 0 aliphatic rings. The Kier molecular flexibility index (Phi) is 21.3. The topological polar surface area (TPSA) is 0 Å². The van der Waals surface area contributed by atoms with Crippen LogP contribution < -0.4 is 0 Å². The summed E-state index contributed by atoms with van der Waals surface area (Å²) < 4.78 is 52.1. The average molecular weight is 869 g/mol. The molecule has 0 aliphatic heterocycles. The fourth-order valence-corrected chi connectivity index (χ4v) is 6.10. The number of hydrogen-bond acceptors (Lipinski definition) is 0. The fourth-order valence-electron chi connectivity index (χ4n) is 6.10. The van der Waals surface area contributed by atoms with Gasteiger partial charge in [-0.05, 0) is 148 Å². The Labute approximate surface area is 383 Å². The third-order valence-electron chi connectivity index (χ3n) is 11.6. The van der Waals surface area contributed by atoms with E-state index < -0.39 is 0 Å². The van der Waals surface area contributed by atoms with Crippen molar-refractivity contribution in [2.24, 2.45) is 16.2 Å². The van der Waals surface area contributed by atoms with Crippen LogP contribution in [0.3, 0.4) is 0 Å². The van der Waals surface area contributed by atoms with E-state index in [1.807, 2.05) is 48.5 Å². The predicted molar refractivity (Wildman–Crippen MR) is 267 cm³/mol. The predicted octanol–water partition coefficient (Wildman–Crippen LogP) is 18.7. The van der Waals surface area contributed by atoms with Crippen LogP contribution in [-0.4, -0.2) is 0 Å². The Hall–Kier alpha value is -4.18. The lowest BCUT2D eigenvalue weighted by Gasteiger charge is -2.27. The van der Waals surface area contributed by atoms with Gasteiger partial charge in [-0.1, -0.05) is 196 Å². The summed E-state index contributed by atoms with van der Waals surface area (Å²) in [5, 5.41) is 0. The Bertz CT molecular complexity index is 2100. The molecular formula is C59H84F4. The van der Waals surface area contributed by atoms with Crippen molar-refractivity contribution in [3.05, 3.63) is 176 Å². The third kappa shape index (κ3) is 21.4. The van der Waals surface area contributed by atoms with Crippen LogP contribution in [0.2, 0.25) is 0 Å². The molecule has 5 aromatic carbocycles. The van der Waals surface area contributed by atoms with Crippen molar-refractivity contribution in [1.82, 2.24) is 0 Å². The van der Waals surface area contributed by atoms with Crippen LogP contribution in [0, 0.1) is 67.2 Å². The van der Waals surface area contributed by atoms with Crippen LogP contribution >= 0.6 is 0 Å². The summed E-state index contributed by atoms with van der Waals surface area (Å²) in [6.07, 6.45) is 0.921. The summed E-state index contributed by atoms with van der Waals surface area (Å²) in [7, 11) is 0. The summed E-state index contributed by atoms with van der Waals surface area (Å²) in [6, 6.07) is 32.0. The Morgan fingerprint density at radius 1 is 0.397 bits per heavy atom.